The Morgan fingerprint density at radius 2 is 1.76 bits per heavy atom. The normalized spacial score (nSPS) is 15.4. The van der Waals surface area contributed by atoms with Gasteiger partial charge in [0.1, 0.15) is 5.82 Å². The predicted molar refractivity (Wildman–Crippen MR) is 108 cm³/mol. The van der Waals surface area contributed by atoms with E-state index >= 15 is 0 Å². The van der Waals surface area contributed by atoms with Crippen molar-refractivity contribution in [1.29, 1.82) is 0 Å². The lowest BCUT2D eigenvalue weighted by atomic mass is 10.2. The van der Waals surface area contributed by atoms with E-state index in [-0.39, 0.29) is 22.9 Å². The fraction of sp³-hybridized carbons (Fsp3) is 0.368. The summed E-state index contributed by atoms with van der Waals surface area (Å²) >= 11 is 0. The highest BCUT2D eigenvalue weighted by Gasteiger charge is 2.19. The fourth-order valence-electron chi connectivity index (χ4n) is 3.24. The molecule has 1 saturated heterocycles. The second-order valence-corrected chi connectivity index (χ2v) is 8.58. The van der Waals surface area contributed by atoms with Gasteiger partial charge in [0.05, 0.1) is 9.82 Å². The highest BCUT2D eigenvalue weighted by molar-refractivity contribution is 7.89. The molecule has 0 amide bonds. The number of rotatable bonds is 8. The maximum atomic E-state index is 13.0. The van der Waals surface area contributed by atoms with Gasteiger partial charge in [-0.2, -0.15) is 0 Å². The van der Waals surface area contributed by atoms with Gasteiger partial charge in [0.2, 0.25) is 10.0 Å². The Kier molecular flexibility index (Phi) is 6.78. The molecule has 8 nitrogen and oxygen atoms in total. The molecule has 2 aromatic carbocycles. The van der Waals surface area contributed by atoms with Crippen molar-refractivity contribution in [3.8, 4) is 0 Å². The Bertz CT molecular complexity index is 945. The summed E-state index contributed by atoms with van der Waals surface area (Å²) in [5.41, 5.74) is 0.739. The zero-order valence-electron chi connectivity index (χ0n) is 15.8. The molecule has 156 valence electrons. The molecule has 2 aromatic rings. The summed E-state index contributed by atoms with van der Waals surface area (Å²) in [6.07, 6.45) is 0.630. The van der Waals surface area contributed by atoms with E-state index in [9.17, 15) is 22.9 Å². The fourth-order valence-corrected chi connectivity index (χ4v) is 4.35. The summed E-state index contributed by atoms with van der Waals surface area (Å²) in [5.74, 6) is -0.250. The van der Waals surface area contributed by atoms with Crippen molar-refractivity contribution in [3.05, 3.63) is 64.5 Å². The Morgan fingerprint density at radius 1 is 1.07 bits per heavy atom. The Morgan fingerprint density at radius 3 is 2.41 bits per heavy atom. The quantitative estimate of drug-likeness (QED) is 0.398. The van der Waals surface area contributed by atoms with Gasteiger partial charge in [0, 0.05) is 50.5 Å². The summed E-state index contributed by atoms with van der Waals surface area (Å²) < 4.78 is 40.1. The predicted octanol–water partition coefficient (Wildman–Crippen LogP) is 2.22. The summed E-state index contributed by atoms with van der Waals surface area (Å²) in [4.78, 5) is 14.5. The molecule has 0 radical (unpaired) electrons. The van der Waals surface area contributed by atoms with Crippen LogP contribution in [0.4, 0.5) is 15.8 Å². The molecule has 1 heterocycles. The highest BCUT2D eigenvalue weighted by atomic mass is 32.2. The smallest absolute Gasteiger partial charge is 0.270 e. The Labute approximate surface area is 169 Å². The number of non-ortho nitro benzene ring substituents is 1. The van der Waals surface area contributed by atoms with Crippen molar-refractivity contribution in [1.82, 2.24) is 9.62 Å². The van der Waals surface area contributed by atoms with Gasteiger partial charge in [0.25, 0.3) is 5.69 Å². The molecular weight excluding hydrogens is 399 g/mol. The summed E-state index contributed by atoms with van der Waals surface area (Å²) in [6.45, 7) is 4.33. The first-order valence-electron chi connectivity index (χ1n) is 9.32. The van der Waals surface area contributed by atoms with Crippen LogP contribution in [-0.2, 0) is 10.0 Å². The average molecular weight is 422 g/mol. The van der Waals surface area contributed by atoms with E-state index in [4.69, 9.17) is 0 Å². The van der Waals surface area contributed by atoms with E-state index < -0.39 is 14.9 Å². The number of benzene rings is 2. The zero-order valence-corrected chi connectivity index (χ0v) is 16.6. The first kappa shape index (κ1) is 21.2. The van der Waals surface area contributed by atoms with Gasteiger partial charge in [-0.1, -0.05) is 6.07 Å². The third-order valence-electron chi connectivity index (χ3n) is 4.85. The molecule has 0 bridgehead atoms. The summed E-state index contributed by atoms with van der Waals surface area (Å²) in [7, 11) is -3.78. The summed E-state index contributed by atoms with van der Waals surface area (Å²) in [6, 6.07) is 11.4. The highest BCUT2D eigenvalue weighted by Crippen LogP contribution is 2.18. The molecule has 10 heteroatoms. The van der Waals surface area contributed by atoms with E-state index in [1.54, 1.807) is 12.1 Å². The van der Waals surface area contributed by atoms with Crippen LogP contribution >= 0.6 is 0 Å². The molecule has 1 N–H and O–H groups in total. The van der Waals surface area contributed by atoms with Crippen LogP contribution in [-0.4, -0.2) is 57.5 Å². The molecule has 29 heavy (non-hydrogen) atoms. The number of anilines is 1. The lowest BCUT2D eigenvalue weighted by Gasteiger charge is -2.36. The Balaban J connectivity index is 1.42. The van der Waals surface area contributed by atoms with Gasteiger partial charge in [0.15, 0.2) is 0 Å². The first-order valence-corrected chi connectivity index (χ1v) is 10.8. The third-order valence-corrected chi connectivity index (χ3v) is 6.30. The molecule has 0 unspecified atom stereocenters. The SMILES string of the molecule is O=[N+]([O-])c1cccc(S(=O)(=O)NCCCN2CCN(c3ccc(F)cc3)CC2)c1. The zero-order chi connectivity index (χ0) is 20.9. The van der Waals surface area contributed by atoms with Crippen LogP contribution in [0.25, 0.3) is 0 Å². The topological polar surface area (TPSA) is 95.8 Å². The van der Waals surface area contributed by atoms with E-state index in [1.165, 1.54) is 30.3 Å². The van der Waals surface area contributed by atoms with E-state index in [0.717, 1.165) is 44.5 Å². The van der Waals surface area contributed by atoms with E-state index in [2.05, 4.69) is 14.5 Å². The molecule has 1 aliphatic heterocycles. The second-order valence-electron chi connectivity index (χ2n) is 6.81. The van der Waals surface area contributed by atoms with Gasteiger partial charge in [-0.15, -0.1) is 0 Å². The van der Waals surface area contributed by atoms with Crippen molar-refractivity contribution in [2.24, 2.45) is 0 Å². The largest absolute Gasteiger partial charge is 0.369 e. The standard InChI is InChI=1S/C19H23FN4O4S/c20-16-5-7-17(8-6-16)23-13-11-22(12-14-23)10-2-9-21-29(27,28)19-4-1-3-18(15-19)24(25)26/h1,3-8,15,21H,2,9-14H2. The molecule has 0 aliphatic carbocycles. The molecule has 0 aromatic heterocycles. The van der Waals surface area contributed by atoms with Crippen LogP contribution < -0.4 is 9.62 Å². The molecule has 0 spiro atoms. The lowest BCUT2D eigenvalue weighted by molar-refractivity contribution is -0.385. The van der Waals surface area contributed by atoms with Gasteiger partial charge in [-0.25, -0.2) is 17.5 Å². The van der Waals surface area contributed by atoms with Crippen molar-refractivity contribution in [2.75, 3.05) is 44.2 Å². The monoisotopic (exact) mass is 422 g/mol. The van der Waals surface area contributed by atoms with Crippen LogP contribution in [0.5, 0.6) is 0 Å². The number of piperazine rings is 1. The van der Waals surface area contributed by atoms with Gasteiger partial charge < -0.3 is 4.90 Å². The number of halogens is 1. The van der Waals surface area contributed by atoms with Crippen molar-refractivity contribution in [2.45, 2.75) is 11.3 Å². The van der Waals surface area contributed by atoms with Crippen LogP contribution in [0.1, 0.15) is 6.42 Å². The number of sulfonamides is 1. The second kappa shape index (κ2) is 9.29. The number of nitro benzene ring substituents is 1. The van der Waals surface area contributed by atoms with Gasteiger partial charge >= 0.3 is 0 Å². The molecule has 0 saturated carbocycles. The maximum Gasteiger partial charge on any atom is 0.270 e. The third kappa shape index (κ3) is 5.72. The van der Waals surface area contributed by atoms with Gasteiger partial charge in [-0.05, 0) is 43.3 Å². The van der Waals surface area contributed by atoms with Crippen molar-refractivity contribution < 1.29 is 17.7 Å². The van der Waals surface area contributed by atoms with E-state index in [0.29, 0.717) is 6.42 Å². The first-order chi connectivity index (χ1) is 13.8. The number of hydrogen-bond donors (Lipinski definition) is 1. The van der Waals surface area contributed by atoms with Crippen LogP contribution in [0.2, 0.25) is 0 Å². The number of nitrogens with one attached hydrogen (secondary N) is 1. The van der Waals surface area contributed by atoms with Crippen molar-refractivity contribution >= 4 is 21.4 Å². The number of hydrogen-bond acceptors (Lipinski definition) is 6. The number of nitro groups is 1. The number of nitrogens with zero attached hydrogens (tertiary/aromatic N) is 3. The molecule has 1 aliphatic rings. The molecular formula is C19H23FN4O4S. The minimum absolute atomic E-state index is 0.111. The lowest BCUT2D eigenvalue weighted by Crippen LogP contribution is -2.47. The minimum atomic E-state index is -3.78. The van der Waals surface area contributed by atoms with Gasteiger partial charge in [-0.3, -0.25) is 15.0 Å². The van der Waals surface area contributed by atoms with E-state index in [1.807, 2.05) is 0 Å². The minimum Gasteiger partial charge on any atom is -0.369 e. The molecule has 3 rings (SSSR count). The summed E-state index contributed by atoms with van der Waals surface area (Å²) in [5, 5.41) is 10.8. The van der Waals surface area contributed by atoms with Crippen LogP contribution in [0, 0.1) is 15.9 Å². The maximum absolute atomic E-state index is 13.0. The van der Waals surface area contributed by atoms with Crippen LogP contribution in [0.3, 0.4) is 0 Å². The average Bonchev–Trinajstić information content (AvgIpc) is 2.72. The molecule has 1 fully saturated rings. The van der Waals surface area contributed by atoms with Crippen molar-refractivity contribution in [3.63, 3.8) is 0 Å². The van der Waals surface area contributed by atoms with Crippen LogP contribution in [0.15, 0.2) is 53.4 Å². The molecule has 0 atom stereocenters. The Hall–Kier alpha value is -2.56.